The minimum absolute atomic E-state index is 0.232. The largest absolute Gasteiger partial charge is 0.341 e. The number of likely N-dealkylation sites (tertiary alicyclic amines) is 1. The summed E-state index contributed by atoms with van der Waals surface area (Å²) in [5, 5.41) is 4.87. The number of halogens is 2. The van der Waals surface area contributed by atoms with Crippen LogP contribution < -0.4 is 5.32 Å². The number of hydrogen-bond acceptors (Lipinski definition) is 2. The third kappa shape index (κ3) is 3.71. The molecule has 0 aromatic heterocycles. The quantitative estimate of drug-likeness (QED) is 0.924. The van der Waals surface area contributed by atoms with Crippen molar-refractivity contribution in [2.24, 2.45) is 0 Å². The molecule has 2 aliphatic heterocycles. The summed E-state index contributed by atoms with van der Waals surface area (Å²) in [5.41, 5.74) is 0.990. The van der Waals surface area contributed by atoms with Crippen molar-refractivity contribution in [1.82, 2.24) is 10.2 Å². The highest BCUT2D eigenvalue weighted by Gasteiger charge is 2.30. The smallest absolute Gasteiger partial charge is 0.222 e. The Morgan fingerprint density at radius 3 is 2.86 bits per heavy atom. The van der Waals surface area contributed by atoms with Crippen LogP contribution in [0.15, 0.2) is 18.2 Å². The number of nitrogens with one attached hydrogen (secondary N) is 1. The van der Waals surface area contributed by atoms with E-state index >= 15 is 0 Å². The van der Waals surface area contributed by atoms with Gasteiger partial charge in [0.25, 0.3) is 0 Å². The molecule has 0 saturated carbocycles. The number of carbonyl (C=O) groups excluding carboxylic acids is 1. The zero-order chi connectivity index (χ0) is 14.8. The van der Waals surface area contributed by atoms with E-state index in [4.69, 9.17) is 23.2 Å². The van der Waals surface area contributed by atoms with Crippen molar-refractivity contribution < 1.29 is 4.79 Å². The molecule has 1 amide bonds. The van der Waals surface area contributed by atoms with Crippen LogP contribution in [0.5, 0.6) is 0 Å². The average molecular weight is 327 g/mol. The first-order valence-electron chi connectivity index (χ1n) is 7.59. The zero-order valence-electron chi connectivity index (χ0n) is 11.9. The van der Waals surface area contributed by atoms with Gasteiger partial charge in [0, 0.05) is 41.6 Å². The molecule has 2 aliphatic rings. The summed E-state index contributed by atoms with van der Waals surface area (Å²) in [6.45, 7) is 1.73. The first kappa shape index (κ1) is 15.1. The molecule has 5 heteroatoms. The van der Waals surface area contributed by atoms with Crippen LogP contribution >= 0.6 is 23.2 Å². The van der Waals surface area contributed by atoms with Crippen molar-refractivity contribution in [2.45, 2.75) is 44.2 Å². The van der Waals surface area contributed by atoms with E-state index in [1.54, 1.807) is 6.07 Å². The Balaban J connectivity index is 1.56. The van der Waals surface area contributed by atoms with Gasteiger partial charge in [-0.1, -0.05) is 29.3 Å². The fourth-order valence-electron chi connectivity index (χ4n) is 3.29. The van der Waals surface area contributed by atoms with E-state index in [0.717, 1.165) is 25.1 Å². The van der Waals surface area contributed by atoms with Gasteiger partial charge in [-0.25, -0.2) is 0 Å². The summed E-state index contributed by atoms with van der Waals surface area (Å²) in [4.78, 5) is 14.4. The molecule has 0 aliphatic carbocycles. The second-order valence-electron chi connectivity index (χ2n) is 6.00. The third-order valence-corrected chi connectivity index (χ3v) is 5.09. The number of amides is 1. The predicted octanol–water partition coefficient (Wildman–Crippen LogP) is 3.28. The Morgan fingerprint density at radius 1 is 1.24 bits per heavy atom. The molecule has 2 atom stereocenters. The van der Waals surface area contributed by atoms with Crippen molar-refractivity contribution in [3.63, 3.8) is 0 Å². The number of benzene rings is 1. The summed E-state index contributed by atoms with van der Waals surface area (Å²) in [5.74, 6) is 0.232. The summed E-state index contributed by atoms with van der Waals surface area (Å²) in [6.07, 6.45) is 4.71. The highest BCUT2D eigenvalue weighted by Crippen LogP contribution is 2.24. The number of rotatable bonds is 3. The third-order valence-electron chi connectivity index (χ3n) is 4.50. The fourth-order valence-corrected chi connectivity index (χ4v) is 3.80. The normalized spacial score (nSPS) is 25.0. The van der Waals surface area contributed by atoms with Gasteiger partial charge in [0.05, 0.1) is 0 Å². The van der Waals surface area contributed by atoms with Crippen LogP contribution in [0, 0.1) is 0 Å². The lowest BCUT2D eigenvalue weighted by Gasteiger charge is -2.24. The molecule has 2 fully saturated rings. The molecule has 2 heterocycles. The van der Waals surface area contributed by atoms with Gasteiger partial charge in [-0.15, -0.1) is 0 Å². The van der Waals surface area contributed by atoms with Crippen LogP contribution in [-0.4, -0.2) is 36.0 Å². The van der Waals surface area contributed by atoms with Gasteiger partial charge in [0.2, 0.25) is 5.91 Å². The SMILES string of the molecule is O=C(CCc1ccc(Cl)cc1Cl)N1CCC2CCC(C1)N2. The average Bonchev–Trinajstić information content (AvgIpc) is 2.77. The van der Waals surface area contributed by atoms with Crippen molar-refractivity contribution in [2.75, 3.05) is 13.1 Å². The Morgan fingerprint density at radius 2 is 2.05 bits per heavy atom. The molecule has 3 rings (SSSR count). The van der Waals surface area contributed by atoms with Crippen molar-refractivity contribution in [3.8, 4) is 0 Å². The Kier molecular flexibility index (Phi) is 4.72. The van der Waals surface area contributed by atoms with E-state index < -0.39 is 0 Å². The monoisotopic (exact) mass is 326 g/mol. The standard InChI is InChI=1S/C16H20Cl2N2O/c17-12-3-1-11(15(18)9-12)2-6-16(21)20-8-7-13-4-5-14(10-20)19-13/h1,3,9,13-14,19H,2,4-8,10H2. The van der Waals surface area contributed by atoms with Gasteiger partial charge in [-0.2, -0.15) is 0 Å². The molecule has 1 N–H and O–H groups in total. The number of carbonyl (C=O) groups is 1. The molecular weight excluding hydrogens is 307 g/mol. The van der Waals surface area contributed by atoms with E-state index in [1.807, 2.05) is 17.0 Å². The van der Waals surface area contributed by atoms with E-state index in [2.05, 4.69) is 5.32 Å². The molecule has 2 unspecified atom stereocenters. The Bertz CT molecular complexity index is 535. The first-order valence-corrected chi connectivity index (χ1v) is 8.35. The molecule has 1 aromatic rings. The Hall–Kier alpha value is -0.770. The van der Waals surface area contributed by atoms with E-state index in [0.29, 0.717) is 35.0 Å². The van der Waals surface area contributed by atoms with E-state index in [9.17, 15) is 4.79 Å². The van der Waals surface area contributed by atoms with E-state index in [1.165, 1.54) is 12.8 Å². The topological polar surface area (TPSA) is 32.3 Å². The minimum Gasteiger partial charge on any atom is -0.341 e. The summed E-state index contributed by atoms with van der Waals surface area (Å²) in [7, 11) is 0. The maximum absolute atomic E-state index is 12.4. The molecule has 3 nitrogen and oxygen atoms in total. The van der Waals surface area contributed by atoms with Crippen LogP contribution in [0.1, 0.15) is 31.2 Å². The number of aryl methyl sites for hydroxylation is 1. The number of nitrogens with zero attached hydrogens (tertiary/aromatic N) is 1. The molecule has 21 heavy (non-hydrogen) atoms. The molecule has 0 spiro atoms. The lowest BCUT2D eigenvalue weighted by atomic mass is 10.1. The molecule has 0 radical (unpaired) electrons. The maximum atomic E-state index is 12.4. The van der Waals surface area contributed by atoms with Crippen LogP contribution in [0.2, 0.25) is 10.0 Å². The fraction of sp³-hybridized carbons (Fsp3) is 0.562. The van der Waals surface area contributed by atoms with Gasteiger partial charge >= 0.3 is 0 Å². The highest BCUT2D eigenvalue weighted by atomic mass is 35.5. The summed E-state index contributed by atoms with van der Waals surface area (Å²) < 4.78 is 0. The van der Waals surface area contributed by atoms with Gasteiger partial charge < -0.3 is 10.2 Å². The van der Waals surface area contributed by atoms with E-state index in [-0.39, 0.29) is 5.91 Å². The second kappa shape index (κ2) is 6.55. The predicted molar refractivity (Wildman–Crippen MR) is 85.9 cm³/mol. The molecule has 2 bridgehead atoms. The summed E-state index contributed by atoms with van der Waals surface area (Å²) in [6, 6.07) is 6.56. The maximum Gasteiger partial charge on any atom is 0.222 e. The lowest BCUT2D eigenvalue weighted by molar-refractivity contribution is -0.131. The number of fused-ring (bicyclic) bond motifs is 2. The van der Waals surface area contributed by atoms with Gasteiger partial charge in [0.15, 0.2) is 0 Å². The Labute approximate surface area is 135 Å². The van der Waals surface area contributed by atoms with Gasteiger partial charge in [-0.3, -0.25) is 4.79 Å². The molecule has 114 valence electrons. The zero-order valence-corrected chi connectivity index (χ0v) is 13.5. The van der Waals surface area contributed by atoms with Crippen molar-refractivity contribution in [3.05, 3.63) is 33.8 Å². The highest BCUT2D eigenvalue weighted by molar-refractivity contribution is 6.35. The van der Waals surface area contributed by atoms with Crippen LogP contribution in [0.3, 0.4) is 0 Å². The van der Waals surface area contributed by atoms with Crippen molar-refractivity contribution >= 4 is 29.1 Å². The van der Waals surface area contributed by atoms with Crippen LogP contribution in [0.4, 0.5) is 0 Å². The molecular formula is C16H20Cl2N2O. The summed E-state index contributed by atoms with van der Waals surface area (Å²) >= 11 is 12.0. The molecule has 2 saturated heterocycles. The van der Waals surface area contributed by atoms with Gasteiger partial charge in [-0.05, 0) is 43.4 Å². The second-order valence-corrected chi connectivity index (χ2v) is 6.85. The lowest BCUT2D eigenvalue weighted by Crippen LogP contribution is -2.39. The van der Waals surface area contributed by atoms with Crippen LogP contribution in [-0.2, 0) is 11.2 Å². The van der Waals surface area contributed by atoms with Crippen molar-refractivity contribution in [1.29, 1.82) is 0 Å². The minimum atomic E-state index is 0.232. The van der Waals surface area contributed by atoms with Gasteiger partial charge in [0.1, 0.15) is 0 Å². The number of hydrogen-bond donors (Lipinski definition) is 1. The first-order chi connectivity index (χ1) is 10.1. The molecule has 1 aromatic carbocycles. The van der Waals surface area contributed by atoms with Crippen LogP contribution in [0.25, 0.3) is 0 Å².